The molecule has 0 aliphatic carbocycles. The van der Waals surface area contributed by atoms with E-state index in [2.05, 4.69) is 58.9 Å². The Morgan fingerprint density at radius 2 is 0.657 bits per heavy atom. The lowest BCUT2D eigenvalue weighted by molar-refractivity contribution is -0.131. The molecule has 0 saturated carbocycles. The highest BCUT2D eigenvalue weighted by atomic mass is 16.6. The van der Waals surface area contributed by atoms with Gasteiger partial charge in [-0.05, 0) is 34.6 Å². The van der Waals surface area contributed by atoms with E-state index in [0.717, 1.165) is 6.08 Å². The van der Waals surface area contributed by atoms with E-state index in [1.165, 1.54) is 0 Å². The minimum absolute atomic E-state index is 0.356. The number of rotatable bonds is 6. The first kappa shape index (κ1) is 44.3. The van der Waals surface area contributed by atoms with E-state index in [1.54, 1.807) is 34.6 Å². The largest absolute Gasteiger partial charge is 0.478 e. The van der Waals surface area contributed by atoms with Gasteiger partial charge in [-0.3, -0.25) is 0 Å². The molecule has 5 amide bonds. The van der Waals surface area contributed by atoms with Gasteiger partial charge in [-0.2, -0.15) is 0 Å². The van der Waals surface area contributed by atoms with Gasteiger partial charge in [0, 0.05) is 6.08 Å². The van der Waals surface area contributed by atoms with Gasteiger partial charge < -0.3 is 57.5 Å². The zero-order valence-corrected chi connectivity index (χ0v) is 20.6. The van der Waals surface area contributed by atoms with Crippen LogP contribution in [0.25, 0.3) is 0 Å². The van der Waals surface area contributed by atoms with Crippen LogP contribution in [-0.2, 0) is 28.5 Å². The summed E-state index contributed by atoms with van der Waals surface area (Å²) in [5.74, 6) is -0.981. The third kappa shape index (κ3) is 142. The molecule has 0 aliphatic rings. The smallest absolute Gasteiger partial charge is 0.404 e. The third-order valence-corrected chi connectivity index (χ3v) is 1.61. The Kier molecular flexibility index (Phi) is 50.6. The predicted molar refractivity (Wildman–Crippen MR) is 124 cm³/mol. The molecule has 11 N–H and O–H groups in total. The highest BCUT2D eigenvalue weighted by Gasteiger charge is 1.84. The minimum atomic E-state index is -0.981. The lowest BCUT2D eigenvalue weighted by atomic mass is 10.7. The lowest BCUT2D eigenvalue weighted by Gasteiger charge is -1.89. The van der Waals surface area contributed by atoms with Crippen LogP contribution in [0.3, 0.4) is 0 Å². The van der Waals surface area contributed by atoms with Crippen molar-refractivity contribution in [1.29, 1.82) is 0 Å². The van der Waals surface area contributed by atoms with Crippen LogP contribution in [0.4, 0.5) is 24.0 Å². The fraction of sp³-hybridized carbons (Fsp3) is 0.556. The second-order valence-corrected chi connectivity index (χ2v) is 4.30. The number of carbonyl (C=O) groups is 6. The van der Waals surface area contributed by atoms with Gasteiger partial charge in [-0.1, -0.05) is 6.58 Å². The molecule has 208 valence electrons. The average Bonchev–Trinajstić information content (AvgIpc) is 2.69. The highest BCUT2D eigenvalue weighted by Crippen LogP contribution is 1.68. The molecule has 35 heavy (non-hydrogen) atoms. The number of carboxylic acid groups (broad SMARTS) is 1. The summed E-state index contributed by atoms with van der Waals surface area (Å²) in [5, 5.41) is 7.60. The normalized spacial score (nSPS) is 7.34. The van der Waals surface area contributed by atoms with Crippen molar-refractivity contribution < 1.29 is 57.6 Å². The zero-order valence-electron chi connectivity index (χ0n) is 20.6. The van der Waals surface area contributed by atoms with E-state index < -0.39 is 36.4 Å². The number of aliphatic carboxylic acids is 1. The number of hydrogen-bond acceptors (Lipinski definition) is 11. The van der Waals surface area contributed by atoms with Gasteiger partial charge in [-0.15, -0.1) is 0 Å². The molecule has 0 spiro atoms. The third-order valence-electron chi connectivity index (χ3n) is 1.61. The molecule has 17 heteroatoms. The number of nitrogens with two attached hydrogens (primary N) is 5. The van der Waals surface area contributed by atoms with Gasteiger partial charge in [-0.25, -0.2) is 28.8 Å². The van der Waals surface area contributed by atoms with E-state index in [9.17, 15) is 28.8 Å². The van der Waals surface area contributed by atoms with Crippen molar-refractivity contribution in [3.05, 3.63) is 12.7 Å². The van der Waals surface area contributed by atoms with Crippen molar-refractivity contribution in [2.45, 2.75) is 34.6 Å². The van der Waals surface area contributed by atoms with Crippen LogP contribution in [0, 0.1) is 0 Å². The van der Waals surface area contributed by atoms with Crippen molar-refractivity contribution >= 4 is 36.4 Å². The SMILES string of the molecule is C=CC(=O)O.CCOC(N)=O.CCOC(N)=O.CCOC(N)=O.CCOC(N)=O.CCOC(N)=O. The monoisotopic (exact) mass is 517 g/mol. The summed E-state index contributed by atoms with van der Waals surface area (Å²) < 4.78 is 20.9. The molecule has 0 rings (SSSR count). The predicted octanol–water partition coefficient (Wildman–Crippen LogP) is 0.765. The number of carbonyl (C=O) groups excluding carboxylic acids is 5. The minimum Gasteiger partial charge on any atom is -0.478 e. The van der Waals surface area contributed by atoms with E-state index in [4.69, 9.17) is 5.11 Å². The maximum absolute atomic E-state index is 9.60. The van der Waals surface area contributed by atoms with Crippen molar-refractivity contribution in [1.82, 2.24) is 0 Å². The first-order chi connectivity index (χ1) is 16.1. The number of hydrogen-bond donors (Lipinski definition) is 6. The molecule has 0 aromatic carbocycles. The molecular formula is C18H39N5O12. The Labute approximate surface area is 203 Å². The molecule has 0 aliphatic heterocycles. The Morgan fingerprint density at radius 1 is 0.543 bits per heavy atom. The Bertz CT molecular complexity index is 481. The maximum atomic E-state index is 9.60. The molecule has 0 heterocycles. The van der Waals surface area contributed by atoms with Gasteiger partial charge in [0.2, 0.25) is 0 Å². The standard InChI is InChI=1S/5C3H7NO2.C3H4O2/c5*1-2-6-3(4)5;1-2-3(4)5/h5*2H2,1H3,(H2,4,5);2H,1H2,(H,4,5). The molecule has 0 saturated heterocycles. The van der Waals surface area contributed by atoms with Crippen LogP contribution in [0.15, 0.2) is 12.7 Å². The van der Waals surface area contributed by atoms with Crippen LogP contribution >= 0.6 is 0 Å². The van der Waals surface area contributed by atoms with Crippen molar-refractivity contribution in [2.75, 3.05) is 33.0 Å². The van der Waals surface area contributed by atoms with Crippen molar-refractivity contribution in [2.24, 2.45) is 28.7 Å². The van der Waals surface area contributed by atoms with Gasteiger partial charge in [0.1, 0.15) is 0 Å². The van der Waals surface area contributed by atoms with Crippen molar-refractivity contribution in [3.63, 3.8) is 0 Å². The van der Waals surface area contributed by atoms with Gasteiger partial charge in [0.25, 0.3) is 0 Å². The Morgan fingerprint density at radius 3 is 0.657 bits per heavy atom. The van der Waals surface area contributed by atoms with E-state index >= 15 is 0 Å². The highest BCUT2D eigenvalue weighted by molar-refractivity contribution is 5.78. The van der Waals surface area contributed by atoms with Crippen LogP contribution in [-0.4, -0.2) is 74.6 Å². The number of amides is 5. The van der Waals surface area contributed by atoms with E-state index in [-0.39, 0.29) is 0 Å². The summed E-state index contributed by atoms with van der Waals surface area (Å²) >= 11 is 0. The quantitative estimate of drug-likeness (QED) is 0.210. The maximum Gasteiger partial charge on any atom is 0.404 e. The van der Waals surface area contributed by atoms with Crippen molar-refractivity contribution in [3.8, 4) is 0 Å². The van der Waals surface area contributed by atoms with Gasteiger partial charge in [0.05, 0.1) is 33.0 Å². The van der Waals surface area contributed by atoms with E-state index in [1.807, 2.05) is 0 Å². The number of ether oxygens (including phenoxy) is 5. The molecule has 0 radical (unpaired) electrons. The van der Waals surface area contributed by atoms with Crippen LogP contribution in [0.2, 0.25) is 0 Å². The zero-order chi connectivity index (χ0) is 29.2. The molecule has 0 bridgehead atoms. The number of carboxylic acids is 1. The molecule has 17 nitrogen and oxygen atoms in total. The molecular weight excluding hydrogens is 478 g/mol. The summed E-state index contributed by atoms with van der Waals surface area (Å²) in [7, 11) is 0. The fourth-order valence-corrected chi connectivity index (χ4v) is 0.711. The van der Waals surface area contributed by atoms with Gasteiger partial charge in [0.15, 0.2) is 0 Å². The van der Waals surface area contributed by atoms with Crippen LogP contribution in [0.1, 0.15) is 34.6 Å². The topological polar surface area (TPSA) is 299 Å². The Balaban J connectivity index is -0.0000000722. The molecule has 0 fully saturated rings. The van der Waals surface area contributed by atoms with E-state index in [0.29, 0.717) is 33.0 Å². The summed E-state index contributed by atoms with van der Waals surface area (Å²) in [6.45, 7) is 13.2. The van der Waals surface area contributed by atoms with Crippen LogP contribution < -0.4 is 28.7 Å². The Hall–Kier alpha value is -4.44. The molecule has 0 unspecified atom stereocenters. The number of primary amides is 5. The summed E-state index contributed by atoms with van der Waals surface area (Å²) in [6.07, 6.45) is -2.72. The fourth-order valence-electron chi connectivity index (χ4n) is 0.711. The lowest BCUT2D eigenvalue weighted by Crippen LogP contribution is -2.11. The molecule has 0 aromatic rings. The molecule has 0 atom stereocenters. The second-order valence-electron chi connectivity index (χ2n) is 4.30. The first-order valence-electron chi connectivity index (χ1n) is 9.59. The summed E-state index contributed by atoms with van der Waals surface area (Å²) in [5.41, 5.74) is 22.7. The average molecular weight is 518 g/mol. The summed E-state index contributed by atoms with van der Waals surface area (Å²) in [6, 6.07) is 0. The van der Waals surface area contributed by atoms with Gasteiger partial charge >= 0.3 is 36.4 Å². The summed E-state index contributed by atoms with van der Waals surface area (Å²) in [4.78, 5) is 57.2. The van der Waals surface area contributed by atoms with Crippen LogP contribution in [0.5, 0.6) is 0 Å². The first-order valence-corrected chi connectivity index (χ1v) is 9.59. The molecule has 0 aromatic heterocycles. The second kappa shape index (κ2) is 40.0.